The van der Waals surface area contributed by atoms with Crippen LogP contribution in [0.15, 0.2) is 12.1 Å². The molecule has 0 fully saturated rings. The summed E-state index contributed by atoms with van der Waals surface area (Å²) in [7, 11) is 0. The van der Waals surface area contributed by atoms with Crippen LogP contribution in [0.3, 0.4) is 0 Å². The maximum atomic E-state index is 12.3. The first-order valence-electron chi connectivity index (χ1n) is 3.75. The summed E-state index contributed by atoms with van der Waals surface area (Å²) in [5.41, 5.74) is -0.843. The lowest BCUT2D eigenvalue weighted by Gasteiger charge is -2.08. The van der Waals surface area contributed by atoms with Gasteiger partial charge < -0.3 is 5.11 Å². The van der Waals surface area contributed by atoms with Crippen LogP contribution in [0.25, 0.3) is 0 Å². The standard InChI is InChI=1S/C9H7ClF2O2/c1-4(13)7-6(10)3-2-5(8(7)14)9(11)12/h2-3,9,14H,1H3. The summed E-state index contributed by atoms with van der Waals surface area (Å²) in [5.74, 6) is -1.28. The van der Waals surface area contributed by atoms with Crippen molar-refractivity contribution in [1.29, 1.82) is 0 Å². The van der Waals surface area contributed by atoms with E-state index < -0.39 is 23.5 Å². The minimum absolute atomic E-state index is 0.0283. The third-order valence-corrected chi connectivity index (χ3v) is 2.06. The molecule has 0 saturated carbocycles. The Labute approximate surface area is 84.1 Å². The number of alkyl halides is 2. The average molecular weight is 221 g/mol. The second-order valence-electron chi connectivity index (χ2n) is 2.72. The Kier molecular flexibility index (Phi) is 3.06. The Bertz CT molecular complexity index is 377. The van der Waals surface area contributed by atoms with E-state index in [-0.39, 0.29) is 10.6 Å². The Balaban J connectivity index is 3.41. The van der Waals surface area contributed by atoms with E-state index in [2.05, 4.69) is 0 Å². The second-order valence-corrected chi connectivity index (χ2v) is 3.12. The zero-order valence-electron chi connectivity index (χ0n) is 7.22. The van der Waals surface area contributed by atoms with E-state index in [4.69, 9.17) is 11.6 Å². The van der Waals surface area contributed by atoms with E-state index in [1.807, 2.05) is 0 Å². The van der Waals surface area contributed by atoms with Crippen LogP contribution in [0.2, 0.25) is 5.02 Å². The molecular weight excluding hydrogens is 214 g/mol. The van der Waals surface area contributed by atoms with Crippen LogP contribution in [0, 0.1) is 0 Å². The van der Waals surface area contributed by atoms with Crippen LogP contribution in [-0.2, 0) is 0 Å². The summed E-state index contributed by atoms with van der Waals surface area (Å²) in [6.07, 6.45) is -2.83. The number of Topliss-reactive ketones (excluding diaryl/α,β-unsaturated/α-hetero) is 1. The zero-order valence-corrected chi connectivity index (χ0v) is 7.98. The van der Waals surface area contributed by atoms with E-state index in [0.717, 1.165) is 13.0 Å². The highest BCUT2D eigenvalue weighted by Crippen LogP contribution is 2.35. The molecule has 2 nitrogen and oxygen atoms in total. The molecule has 0 unspecified atom stereocenters. The normalized spacial score (nSPS) is 10.6. The van der Waals surface area contributed by atoms with Gasteiger partial charge in [0.25, 0.3) is 6.43 Å². The largest absolute Gasteiger partial charge is 0.507 e. The molecule has 5 heteroatoms. The number of phenols is 1. The van der Waals surface area contributed by atoms with Gasteiger partial charge in [-0.15, -0.1) is 0 Å². The molecule has 0 amide bonds. The van der Waals surface area contributed by atoms with Gasteiger partial charge in [0, 0.05) is 0 Å². The van der Waals surface area contributed by atoms with E-state index >= 15 is 0 Å². The fraction of sp³-hybridized carbons (Fsp3) is 0.222. The summed E-state index contributed by atoms with van der Waals surface area (Å²) in [6.45, 7) is 1.15. The number of aromatic hydroxyl groups is 1. The zero-order chi connectivity index (χ0) is 10.9. The van der Waals surface area contributed by atoms with Crippen molar-refractivity contribution in [1.82, 2.24) is 0 Å². The van der Waals surface area contributed by atoms with Crippen molar-refractivity contribution in [3.63, 3.8) is 0 Å². The maximum absolute atomic E-state index is 12.3. The van der Waals surface area contributed by atoms with Crippen molar-refractivity contribution in [2.75, 3.05) is 0 Å². The topological polar surface area (TPSA) is 37.3 Å². The molecule has 0 aliphatic rings. The van der Waals surface area contributed by atoms with Gasteiger partial charge in [0.05, 0.1) is 16.1 Å². The molecule has 1 N–H and O–H groups in total. The Morgan fingerprint density at radius 2 is 2.07 bits per heavy atom. The summed E-state index contributed by atoms with van der Waals surface area (Å²) in [6, 6.07) is 2.16. The molecule has 0 aliphatic heterocycles. The van der Waals surface area contributed by atoms with E-state index in [1.165, 1.54) is 6.07 Å². The predicted octanol–water partition coefficient (Wildman–Crippen LogP) is 3.19. The number of halogens is 3. The molecular formula is C9H7ClF2O2. The van der Waals surface area contributed by atoms with Crippen molar-refractivity contribution in [3.8, 4) is 5.75 Å². The smallest absolute Gasteiger partial charge is 0.267 e. The molecule has 76 valence electrons. The van der Waals surface area contributed by atoms with Crippen LogP contribution in [0.5, 0.6) is 5.75 Å². The monoisotopic (exact) mass is 220 g/mol. The van der Waals surface area contributed by atoms with Gasteiger partial charge in [-0.1, -0.05) is 11.6 Å². The van der Waals surface area contributed by atoms with Crippen molar-refractivity contribution in [3.05, 3.63) is 28.3 Å². The van der Waals surface area contributed by atoms with E-state index in [0.29, 0.717) is 0 Å². The Morgan fingerprint density at radius 3 is 2.50 bits per heavy atom. The summed E-state index contributed by atoms with van der Waals surface area (Å²) in [4.78, 5) is 11.0. The number of carbonyl (C=O) groups excluding carboxylic acids is 1. The van der Waals surface area contributed by atoms with Crippen LogP contribution < -0.4 is 0 Å². The predicted molar refractivity (Wildman–Crippen MR) is 48.1 cm³/mol. The van der Waals surface area contributed by atoms with Gasteiger partial charge in [-0.25, -0.2) is 8.78 Å². The fourth-order valence-electron chi connectivity index (χ4n) is 1.09. The number of hydrogen-bond acceptors (Lipinski definition) is 2. The van der Waals surface area contributed by atoms with Gasteiger partial charge >= 0.3 is 0 Å². The number of phenolic OH excluding ortho intramolecular Hbond substituents is 1. The molecule has 14 heavy (non-hydrogen) atoms. The molecule has 0 aliphatic carbocycles. The fourth-order valence-corrected chi connectivity index (χ4v) is 1.38. The number of hydrogen-bond donors (Lipinski definition) is 1. The molecule has 0 spiro atoms. The van der Waals surface area contributed by atoms with Crippen molar-refractivity contribution in [2.45, 2.75) is 13.3 Å². The van der Waals surface area contributed by atoms with Gasteiger partial charge in [0.1, 0.15) is 5.75 Å². The lowest BCUT2D eigenvalue weighted by atomic mass is 10.1. The lowest BCUT2D eigenvalue weighted by Crippen LogP contribution is -1.97. The molecule has 0 atom stereocenters. The molecule has 1 aromatic carbocycles. The summed E-state index contributed by atoms with van der Waals surface area (Å²) < 4.78 is 24.6. The van der Waals surface area contributed by atoms with E-state index in [1.54, 1.807) is 0 Å². The Hall–Kier alpha value is -1.16. The molecule has 0 heterocycles. The molecule has 0 bridgehead atoms. The molecule has 0 saturated heterocycles. The van der Waals surface area contributed by atoms with Crippen LogP contribution in [0.4, 0.5) is 8.78 Å². The Morgan fingerprint density at radius 1 is 1.50 bits per heavy atom. The number of ketones is 1. The average Bonchev–Trinajstić information content (AvgIpc) is 2.02. The molecule has 1 rings (SSSR count). The molecule has 0 aromatic heterocycles. The summed E-state index contributed by atoms with van der Waals surface area (Å²) >= 11 is 5.58. The minimum atomic E-state index is -2.83. The summed E-state index contributed by atoms with van der Waals surface area (Å²) in [5, 5.41) is 9.30. The van der Waals surface area contributed by atoms with Crippen LogP contribution in [-0.4, -0.2) is 10.9 Å². The highest BCUT2D eigenvalue weighted by atomic mass is 35.5. The molecule has 0 radical (unpaired) electrons. The third-order valence-electron chi connectivity index (χ3n) is 1.75. The first-order valence-corrected chi connectivity index (χ1v) is 4.13. The van der Waals surface area contributed by atoms with Gasteiger partial charge in [0.15, 0.2) is 5.78 Å². The quantitative estimate of drug-likeness (QED) is 0.778. The van der Waals surface area contributed by atoms with Gasteiger partial charge in [-0.3, -0.25) is 4.79 Å². The van der Waals surface area contributed by atoms with Crippen molar-refractivity contribution in [2.24, 2.45) is 0 Å². The highest BCUT2D eigenvalue weighted by Gasteiger charge is 2.20. The van der Waals surface area contributed by atoms with Gasteiger partial charge in [0.2, 0.25) is 0 Å². The van der Waals surface area contributed by atoms with Crippen LogP contribution in [0.1, 0.15) is 29.3 Å². The maximum Gasteiger partial charge on any atom is 0.267 e. The van der Waals surface area contributed by atoms with Crippen LogP contribution >= 0.6 is 11.6 Å². The first kappa shape index (κ1) is 10.9. The van der Waals surface area contributed by atoms with Crippen molar-refractivity contribution >= 4 is 17.4 Å². The number of carbonyl (C=O) groups is 1. The highest BCUT2D eigenvalue weighted by molar-refractivity contribution is 6.34. The minimum Gasteiger partial charge on any atom is -0.507 e. The number of rotatable bonds is 2. The van der Waals surface area contributed by atoms with E-state index in [9.17, 15) is 18.7 Å². The van der Waals surface area contributed by atoms with Gasteiger partial charge in [-0.05, 0) is 19.1 Å². The number of benzene rings is 1. The molecule has 1 aromatic rings. The second kappa shape index (κ2) is 3.92. The lowest BCUT2D eigenvalue weighted by molar-refractivity contribution is 0.101. The van der Waals surface area contributed by atoms with Gasteiger partial charge in [-0.2, -0.15) is 0 Å². The SMILES string of the molecule is CC(=O)c1c(Cl)ccc(C(F)F)c1O. The third kappa shape index (κ3) is 1.85. The first-order chi connectivity index (χ1) is 6.45. The van der Waals surface area contributed by atoms with Crippen molar-refractivity contribution < 1.29 is 18.7 Å².